The Morgan fingerprint density at radius 1 is 1.40 bits per heavy atom. The van der Waals surface area contributed by atoms with E-state index in [9.17, 15) is 9.59 Å². The Hall–Kier alpha value is -1.62. The van der Waals surface area contributed by atoms with Gasteiger partial charge in [-0.15, -0.1) is 0 Å². The van der Waals surface area contributed by atoms with Gasteiger partial charge < -0.3 is 10.1 Å². The van der Waals surface area contributed by atoms with E-state index in [1.54, 1.807) is 13.0 Å². The second-order valence-electron chi connectivity index (χ2n) is 4.09. The zero-order valence-electron chi connectivity index (χ0n) is 11.4. The molecule has 0 saturated heterocycles. The molecule has 0 radical (unpaired) electrons. The van der Waals surface area contributed by atoms with Gasteiger partial charge in [0.2, 0.25) is 5.91 Å². The van der Waals surface area contributed by atoms with E-state index in [1.807, 2.05) is 24.3 Å². The lowest BCUT2D eigenvalue weighted by molar-refractivity contribution is -0.143. The van der Waals surface area contributed by atoms with Crippen LogP contribution in [0.5, 0.6) is 0 Å². The summed E-state index contributed by atoms with van der Waals surface area (Å²) in [6.07, 6.45) is 4.12. The molecule has 1 N–H and O–H groups in total. The first kappa shape index (κ1) is 16.4. The zero-order chi connectivity index (χ0) is 14.8. The van der Waals surface area contributed by atoms with Crippen LogP contribution >= 0.6 is 15.9 Å². The van der Waals surface area contributed by atoms with Gasteiger partial charge in [0.1, 0.15) is 0 Å². The number of nitrogens with one attached hydrogen (secondary N) is 1. The van der Waals surface area contributed by atoms with E-state index in [0.29, 0.717) is 26.0 Å². The number of amides is 1. The van der Waals surface area contributed by atoms with E-state index in [1.165, 1.54) is 6.08 Å². The van der Waals surface area contributed by atoms with E-state index < -0.39 is 0 Å². The Labute approximate surface area is 127 Å². The lowest BCUT2D eigenvalue weighted by Gasteiger charge is -2.02. The SMILES string of the molecule is CCOC(=O)CCCNC(=O)C=Cc1cccc(Br)c1. The number of hydrogen-bond acceptors (Lipinski definition) is 3. The third-order valence-corrected chi connectivity index (χ3v) is 2.93. The summed E-state index contributed by atoms with van der Waals surface area (Å²) >= 11 is 3.37. The van der Waals surface area contributed by atoms with E-state index in [-0.39, 0.29) is 11.9 Å². The van der Waals surface area contributed by atoms with E-state index >= 15 is 0 Å². The van der Waals surface area contributed by atoms with Crippen molar-refractivity contribution in [1.29, 1.82) is 0 Å². The molecule has 20 heavy (non-hydrogen) atoms. The van der Waals surface area contributed by atoms with Gasteiger partial charge in [0.05, 0.1) is 6.61 Å². The van der Waals surface area contributed by atoms with Crippen LogP contribution in [0.15, 0.2) is 34.8 Å². The van der Waals surface area contributed by atoms with Crippen molar-refractivity contribution < 1.29 is 14.3 Å². The quantitative estimate of drug-likeness (QED) is 0.472. The Bertz CT molecular complexity index is 486. The molecule has 0 fully saturated rings. The molecular formula is C15H18BrNO3. The molecule has 5 heteroatoms. The topological polar surface area (TPSA) is 55.4 Å². The van der Waals surface area contributed by atoms with Gasteiger partial charge in [0.25, 0.3) is 0 Å². The molecule has 0 spiro atoms. The highest BCUT2D eigenvalue weighted by Crippen LogP contribution is 2.12. The molecule has 0 aromatic heterocycles. The van der Waals surface area contributed by atoms with Crippen molar-refractivity contribution in [3.8, 4) is 0 Å². The van der Waals surface area contributed by atoms with Gasteiger partial charge in [0, 0.05) is 23.5 Å². The average Bonchev–Trinajstić information content (AvgIpc) is 2.42. The van der Waals surface area contributed by atoms with Gasteiger partial charge in [-0.05, 0) is 37.1 Å². The highest BCUT2D eigenvalue weighted by molar-refractivity contribution is 9.10. The minimum atomic E-state index is -0.230. The molecule has 0 unspecified atom stereocenters. The van der Waals surface area contributed by atoms with Crippen LogP contribution in [0.25, 0.3) is 6.08 Å². The molecular weight excluding hydrogens is 322 g/mol. The summed E-state index contributed by atoms with van der Waals surface area (Å²) in [6, 6.07) is 7.66. The number of carbonyl (C=O) groups is 2. The van der Waals surface area contributed by atoms with Crippen LogP contribution in [0.2, 0.25) is 0 Å². The third kappa shape index (κ3) is 7.09. The minimum Gasteiger partial charge on any atom is -0.466 e. The van der Waals surface area contributed by atoms with Crippen molar-refractivity contribution in [3.63, 3.8) is 0 Å². The van der Waals surface area contributed by atoms with Crippen LogP contribution in [-0.4, -0.2) is 25.0 Å². The van der Waals surface area contributed by atoms with Gasteiger partial charge in [-0.1, -0.05) is 28.1 Å². The molecule has 0 aliphatic heterocycles. The predicted molar refractivity (Wildman–Crippen MR) is 82.1 cm³/mol. The number of ether oxygens (including phenoxy) is 1. The van der Waals surface area contributed by atoms with Crippen molar-refractivity contribution in [2.75, 3.05) is 13.2 Å². The summed E-state index contributed by atoms with van der Waals surface area (Å²) in [6.45, 7) is 2.62. The Balaban J connectivity index is 2.25. The van der Waals surface area contributed by atoms with Crippen molar-refractivity contribution in [2.45, 2.75) is 19.8 Å². The monoisotopic (exact) mass is 339 g/mol. The molecule has 1 rings (SSSR count). The Kier molecular flexibility index (Phi) is 7.65. The molecule has 4 nitrogen and oxygen atoms in total. The predicted octanol–water partition coefficient (Wildman–Crippen LogP) is 2.92. The molecule has 108 valence electrons. The molecule has 1 aromatic rings. The van der Waals surface area contributed by atoms with Crippen LogP contribution < -0.4 is 5.32 Å². The molecule has 0 atom stereocenters. The van der Waals surface area contributed by atoms with Gasteiger partial charge in [-0.2, -0.15) is 0 Å². The van der Waals surface area contributed by atoms with Crippen LogP contribution in [0.3, 0.4) is 0 Å². The van der Waals surface area contributed by atoms with Crippen molar-refractivity contribution >= 4 is 33.9 Å². The van der Waals surface area contributed by atoms with Crippen LogP contribution in [-0.2, 0) is 14.3 Å². The lowest BCUT2D eigenvalue weighted by Crippen LogP contribution is -2.22. The van der Waals surface area contributed by atoms with E-state index in [4.69, 9.17) is 4.74 Å². The lowest BCUT2D eigenvalue weighted by atomic mass is 10.2. The van der Waals surface area contributed by atoms with Crippen molar-refractivity contribution in [2.24, 2.45) is 0 Å². The summed E-state index contributed by atoms with van der Waals surface area (Å²) in [5.74, 6) is -0.403. The maximum Gasteiger partial charge on any atom is 0.305 e. The summed E-state index contributed by atoms with van der Waals surface area (Å²) < 4.78 is 5.76. The molecule has 1 amide bonds. The Morgan fingerprint density at radius 2 is 2.20 bits per heavy atom. The van der Waals surface area contributed by atoms with Gasteiger partial charge >= 0.3 is 5.97 Å². The average molecular weight is 340 g/mol. The smallest absolute Gasteiger partial charge is 0.305 e. The first-order valence-electron chi connectivity index (χ1n) is 6.49. The molecule has 1 aromatic carbocycles. The highest BCUT2D eigenvalue weighted by Gasteiger charge is 2.01. The second-order valence-corrected chi connectivity index (χ2v) is 5.00. The zero-order valence-corrected chi connectivity index (χ0v) is 13.0. The molecule has 0 aliphatic rings. The fraction of sp³-hybridized carbons (Fsp3) is 0.333. The standard InChI is InChI=1S/C15H18BrNO3/c1-2-20-15(19)7-4-10-17-14(18)9-8-12-5-3-6-13(16)11-12/h3,5-6,8-9,11H,2,4,7,10H2,1H3,(H,17,18). The van der Waals surface area contributed by atoms with Crippen LogP contribution in [0, 0.1) is 0 Å². The third-order valence-electron chi connectivity index (χ3n) is 2.44. The number of esters is 1. The number of rotatable bonds is 7. The van der Waals surface area contributed by atoms with Gasteiger partial charge in [-0.25, -0.2) is 0 Å². The van der Waals surface area contributed by atoms with Crippen LogP contribution in [0.4, 0.5) is 0 Å². The second kappa shape index (κ2) is 9.31. The molecule has 0 bridgehead atoms. The van der Waals surface area contributed by atoms with Crippen LogP contribution in [0.1, 0.15) is 25.3 Å². The number of carbonyl (C=O) groups excluding carboxylic acids is 2. The molecule has 0 saturated carbocycles. The van der Waals surface area contributed by atoms with E-state index in [0.717, 1.165) is 10.0 Å². The number of halogens is 1. The maximum atomic E-state index is 11.5. The fourth-order valence-electron chi connectivity index (χ4n) is 1.52. The van der Waals surface area contributed by atoms with Crippen molar-refractivity contribution in [3.05, 3.63) is 40.4 Å². The normalized spacial score (nSPS) is 10.5. The number of benzene rings is 1. The fourth-order valence-corrected chi connectivity index (χ4v) is 1.94. The van der Waals surface area contributed by atoms with E-state index in [2.05, 4.69) is 21.2 Å². The summed E-state index contributed by atoms with van der Waals surface area (Å²) in [5.41, 5.74) is 0.945. The number of hydrogen-bond donors (Lipinski definition) is 1. The first-order chi connectivity index (χ1) is 9.61. The molecule has 0 heterocycles. The largest absolute Gasteiger partial charge is 0.466 e. The summed E-state index contributed by atoms with van der Waals surface area (Å²) in [5, 5.41) is 2.72. The minimum absolute atomic E-state index is 0.172. The van der Waals surface area contributed by atoms with Gasteiger partial charge in [-0.3, -0.25) is 9.59 Å². The van der Waals surface area contributed by atoms with Gasteiger partial charge in [0.15, 0.2) is 0 Å². The highest BCUT2D eigenvalue weighted by atomic mass is 79.9. The Morgan fingerprint density at radius 3 is 2.90 bits per heavy atom. The maximum absolute atomic E-state index is 11.5. The first-order valence-corrected chi connectivity index (χ1v) is 7.28. The molecule has 0 aliphatic carbocycles. The summed E-state index contributed by atoms with van der Waals surface area (Å²) in [7, 11) is 0. The van der Waals surface area contributed by atoms with Crippen molar-refractivity contribution in [1.82, 2.24) is 5.32 Å². The summed E-state index contributed by atoms with van der Waals surface area (Å²) in [4.78, 5) is 22.6.